The van der Waals surface area contributed by atoms with Gasteiger partial charge in [0.2, 0.25) is 0 Å². The maximum Gasteiger partial charge on any atom is 0.253 e. The molecule has 1 heterocycles. The second-order valence-corrected chi connectivity index (χ2v) is 3.94. The molecular weight excluding hydrogens is 249 g/mol. The molecule has 0 aliphatic heterocycles. The van der Waals surface area contributed by atoms with Crippen LogP contribution in [0.2, 0.25) is 0 Å². The molecule has 0 aliphatic carbocycles. The van der Waals surface area contributed by atoms with Crippen molar-refractivity contribution in [1.82, 2.24) is 15.1 Å². The fraction of sp³-hybridized carbons (Fsp3) is 0.167. The van der Waals surface area contributed by atoms with E-state index in [1.54, 1.807) is 24.0 Å². The first-order valence-corrected chi connectivity index (χ1v) is 5.63. The number of aryl methyl sites for hydroxylation is 1. The summed E-state index contributed by atoms with van der Waals surface area (Å²) in [6.45, 7) is 0.301. The van der Waals surface area contributed by atoms with Gasteiger partial charge in [0, 0.05) is 13.2 Å². The Balaban J connectivity index is 2.12. The van der Waals surface area contributed by atoms with E-state index in [-0.39, 0.29) is 11.3 Å². The van der Waals surface area contributed by atoms with Gasteiger partial charge in [-0.25, -0.2) is 4.39 Å². The summed E-state index contributed by atoms with van der Waals surface area (Å²) in [5.74, 6) is 4.24. The van der Waals surface area contributed by atoms with E-state index in [0.29, 0.717) is 6.54 Å². The van der Waals surface area contributed by atoms with Crippen LogP contribution >= 0.6 is 0 Å². The van der Waals surface area contributed by atoms with Crippen molar-refractivity contribution in [2.75, 3.05) is 5.43 Å². The van der Waals surface area contributed by atoms with Crippen LogP contribution in [-0.4, -0.2) is 15.7 Å². The molecule has 2 aromatic rings. The van der Waals surface area contributed by atoms with Gasteiger partial charge in [-0.2, -0.15) is 5.10 Å². The van der Waals surface area contributed by atoms with Crippen molar-refractivity contribution in [3.8, 4) is 0 Å². The van der Waals surface area contributed by atoms with E-state index in [9.17, 15) is 9.18 Å². The van der Waals surface area contributed by atoms with E-state index in [2.05, 4.69) is 15.8 Å². The minimum atomic E-state index is -0.573. The van der Waals surface area contributed by atoms with Gasteiger partial charge < -0.3 is 10.7 Å². The monoisotopic (exact) mass is 263 g/mol. The van der Waals surface area contributed by atoms with Gasteiger partial charge in [0.05, 0.1) is 23.5 Å². The molecule has 4 N–H and O–H groups in total. The quantitative estimate of drug-likeness (QED) is 0.562. The highest BCUT2D eigenvalue weighted by Crippen LogP contribution is 2.18. The van der Waals surface area contributed by atoms with Crippen molar-refractivity contribution in [3.63, 3.8) is 0 Å². The molecule has 19 heavy (non-hydrogen) atoms. The number of nitrogen functional groups attached to an aromatic ring is 1. The van der Waals surface area contributed by atoms with Crippen molar-refractivity contribution in [1.29, 1.82) is 0 Å². The molecule has 6 nitrogen and oxygen atoms in total. The number of amides is 1. The normalized spacial score (nSPS) is 10.3. The minimum Gasteiger partial charge on any atom is -0.346 e. The summed E-state index contributed by atoms with van der Waals surface area (Å²) in [7, 11) is 1.77. The highest BCUT2D eigenvalue weighted by atomic mass is 19.1. The number of nitrogens with one attached hydrogen (secondary N) is 2. The summed E-state index contributed by atoms with van der Waals surface area (Å²) < 4.78 is 15.1. The van der Waals surface area contributed by atoms with Crippen LogP contribution in [0.25, 0.3) is 0 Å². The second kappa shape index (κ2) is 5.49. The lowest BCUT2D eigenvalue weighted by molar-refractivity contribution is 0.0950. The lowest BCUT2D eigenvalue weighted by Crippen LogP contribution is -2.26. The number of aromatic nitrogens is 2. The Hall–Kier alpha value is -2.41. The number of carbonyl (C=O) groups is 1. The maximum absolute atomic E-state index is 13.5. The molecule has 0 spiro atoms. The minimum absolute atomic E-state index is 0.0231. The van der Waals surface area contributed by atoms with Gasteiger partial charge in [0.15, 0.2) is 0 Å². The summed E-state index contributed by atoms with van der Waals surface area (Å²) in [4.78, 5) is 12.0. The fourth-order valence-electron chi connectivity index (χ4n) is 1.70. The number of nitrogens with zero attached hydrogens (tertiary/aromatic N) is 2. The van der Waals surface area contributed by atoms with Gasteiger partial charge >= 0.3 is 0 Å². The Bertz CT molecular complexity index is 596. The molecule has 0 radical (unpaired) electrons. The molecule has 1 aromatic heterocycles. The maximum atomic E-state index is 13.5. The third kappa shape index (κ3) is 2.71. The van der Waals surface area contributed by atoms with Crippen LogP contribution < -0.4 is 16.6 Å². The van der Waals surface area contributed by atoms with E-state index in [1.807, 2.05) is 0 Å². The molecular formula is C12H14FN5O. The topological polar surface area (TPSA) is 85.0 Å². The Morgan fingerprint density at radius 3 is 2.89 bits per heavy atom. The molecule has 0 saturated heterocycles. The first-order valence-electron chi connectivity index (χ1n) is 5.63. The average molecular weight is 263 g/mol. The van der Waals surface area contributed by atoms with Crippen LogP contribution in [0.4, 0.5) is 10.1 Å². The average Bonchev–Trinajstić information content (AvgIpc) is 2.81. The number of rotatable bonds is 4. The van der Waals surface area contributed by atoms with Crippen LogP contribution in [0.15, 0.2) is 30.5 Å². The second-order valence-electron chi connectivity index (χ2n) is 3.94. The van der Waals surface area contributed by atoms with Gasteiger partial charge in [-0.3, -0.25) is 15.3 Å². The molecule has 0 atom stereocenters. The van der Waals surface area contributed by atoms with Crippen LogP contribution in [0.5, 0.6) is 0 Å². The molecule has 100 valence electrons. The summed E-state index contributed by atoms with van der Waals surface area (Å²) in [5.41, 5.74) is 3.17. The van der Waals surface area contributed by atoms with Crippen LogP contribution in [0, 0.1) is 5.82 Å². The third-order valence-electron chi connectivity index (χ3n) is 2.76. The number of benzene rings is 1. The number of hydrogen-bond donors (Lipinski definition) is 3. The molecule has 0 saturated carbocycles. The highest BCUT2D eigenvalue weighted by molar-refractivity contribution is 5.99. The van der Waals surface area contributed by atoms with Crippen molar-refractivity contribution >= 4 is 11.6 Å². The molecule has 7 heteroatoms. The van der Waals surface area contributed by atoms with Crippen molar-refractivity contribution < 1.29 is 9.18 Å². The van der Waals surface area contributed by atoms with Gasteiger partial charge in [-0.05, 0) is 18.2 Å². The molecule has 1 aromatic carbocycles. The van der Waals surface area contributed by atoms with Crippen LogP contribution in [-0.2, 0) is 13.6 Å². The van der Waals surface area contributed by atoms with Crippen molar-refractivity contribution in [3.05, 3.63) is 47.5 Å². The van der Waals surface area contributed by atoms with E-state index in [4.69, 9.17) is 5.84 Å². The Labute approximate surface area is 109 Å². The predicted octanol–water partition coefficient (Wildman–Crippen LogP) is 0.775. The molecule has 2 rings (SSSR count). The molecule has 0 bridgehead atoms. The lowest BCUT2D eigenvalue weighted by atomic mass is 10.1. The smallest absolute Gasteiger partial charge is 0.253 e. The number of carbonyl (C=O) groups excluding carboxylic acids is 1. The third-order valence-corrected chi connectivity index (χ3v) is 2.76. The number of hydrazine groups is 1. The van der Waals surface area contributed by atoms with Crippen molar-refractivity contribution in [2.24, 2.45) is 12.9 Å². The lowest BCUT2D eigenvalue weighted by Gasteiger charge is -2.10. The Morgan fingerprint density at radius 2 is 2.26 bits per heavy atom. The number of halogens is 1. The van der Waals surface area contributed by atoms with E-state index >= 15 is 0 Å². The number of nitrogens with two attached hydrogens (primary N) is 1. The standard InChI is InChI=1S/C12H14FN5O/c1-18-8(5-6-16-18)7-15-12(19)9-3-2-4-10(13)11(9)17-14/h2-6,17H,7,14H2,1H3,(H,15,19). The van der Waals surface area contributed by atoms with E-state index < -0.39 is 11.7 Å². The van der Waals surface area contributed by atoms with E-state index in [1.165, 1.54) is 18.2 Å². The largest absolute Gasteiger partial charge is 0.346 e. The van der Waals surface area contributed by atoms with Crippen LogP contribution in [0.1, 0.15) is 16.1 Å². The number of para-hydroxylation sites is 1. The van der Waals surface area contributed by atoms with Gasteiger partial charge in [0.25, 0.3) is 5.91 Å². The summed E-state index contributed by atoms with van der Waals surface area (Å²) in [6, 6.07) is 5.97. The van der Waals surface area contributed by atoms with Gasteiger partial charge in [0.1, 0.15) is 5.82 Å². The van der Waals surface area contributed by atoms with E-state index in [0.717, 1.165) is 5.69 Å². The SMILES string of the molecule is Cn1nccc1CNC(=O)c1cccc(F)c1NN. The van der Waals surface area contributed by atoms with Crippen LogP contribution in [0.3, 0.4) is 0 Å². The zero-order valence-electron chi connectivity index (χ0n) is 10.4. The Kier molecular flexibility index (Phi) is 3.76. The molecule has 0 aliphatic rings. The van der Waals surface area contributed by atoms with Crippen molar-refractivity contribution in [2.45, 2.75) is 6.54 Å². The molecule has 0 fully saturated rings. The Morgan fingerprint density at radius 1 is 1.47 bits per heavy atom. The van der Waals surface area contributed by atoms with Gasteiger partial charge in [-0.15, -0.1) is 0 Å². The first-order chi connectivity index (χ1) is 9.13. The predicted molar refractivity (Wildman–Crippen MR) is 68.6 cm³/mol. The fourth-order valence-corrected chi connectivity index (χ4v) is 1.70. The summed E-state index contributed by atoms with van der Waals surface area (Å²) in [5, 5.41) is 6.67. The summed E-state index contributed by atoms with van der Waals surface area (Å²) >= 11 is 0. The zero-order chi connectivity index (χ0) is 13.8. The number of anilines is 1. The zero-order valence-corrected chi connectivity index (χ0v) is 10.4. The molecule has 0 unspecified atom stereocenters. The number of hydrogen-bond acceptors (Lipinski definition) is 4. The van der Waals surface area contributed by atoms with Gasteiger partial charge in [-0.1, -0.05) is 6.07 Å². The highest BCUT2D eigenvalue weighted by Gasteiger charge is 2.14. The summed E-state index contributed by atoms with van der Waals surface area (Å²) in [6.07, 6.45) is 1.64. The first kappa shape index (κ1) is 13.0. The molecule has 1 amide bonds.